The molecule has 2 aliphatic rings. The molecule has 0 amide bonds. The van der Waals surface area contributed by atoms with Gasteiger partial charge in [-0.05, 0) is 36.8 Å². The van der Waals surface area contributed by atoms with Crippen LogP contribution in [0.15, 0.2) is 24.3 Å². The Morgan fingerprint density at radius 1 is 1.00 bits per heavy atom. The lowest BCUT2D eigenvalue weighted by Crippen LogP contribution is -2.34. The molecule has 1 fully saturated rings. The summed E-state index contributed by atoms with van der Waals surface area (Å²) >= 11 is 0. The maximum atomic E-state index is 12.1. The predicted molar refractivity (Wildman–Crippen MR) is 59.8 cm³/mol. The van der Waals surface area contributed by atoms with Crippen LogP contribution in [-0.2, 0) is 17.6 Å². The van der Waals surface area contributed by atoms with Crippen molar-refractivity contribution < 1.29 is 4.79 Å². The van der Waals surface area contributed by atoms with E-state index < -0.39 is 0 Å². The molecule has 3 rings (SSSR count). The molecule has 1 spiro atoms. The van der Waals surface area contributed by atoms with Crippen LogP contribution < -0.4 is 0 Å². The van der Waals surface area contributed by atoms with Crippen molar-refractivity contribution in [3.8, 4) is 0 Å². The summed E-state index contributed by atoms with van der Waals surface area (Å²) in [5.41, 5.74) is 2.82. The number of fused-ring (bicyclic) bond motifs is 1. The molecule has 2 aliphatic carbocycles. The molecule has 78 valence electrons. The van der Waals surface area contributed by atoms with Gasteiger partial charge in [-0.2, -0.15) is 0 Å². The second-order valence-corrected chi connectivity index (χ2v) is 5.03. The van der Waals surface area contributed by atoms with E-state index in [4.69, 9.17) is 0 Å². The molecule has 0 N–H and O–H groups in total. The van der Waals surface area contributed by atoms with E-state index in [2.05, 4.69) is 24.3 Å². The molecule has 0 aliphatic heterocycles. The summed E-state index contributed by atoms with van der Waals surface area (Å²) in [5, 5.41) is 0. The largest absolute Gasteiger partial charge is 0.299 e. The van der Waals surface area contributed by atoms with E-state index >= 15 is 0 Å². The molecule has 0 atom stereocenters. The molecule has 0 bridgehead atoms. The number of carbonyl (C=O) groups excluding carboxylic acids is 1. The molecule has 0 radical (unpaired) electrons. The fourth-order valence-electron chi connectivity index (χ4n) is 3.22. The molecular weight excluding hydrogens is 184 g/mol. The van der Waals surface area contributed by atoms with Gasteiger partial charge in [-0.3, -0.25) is 4.79 Å². The number of rotatable bonds is 0. The Bertz CT molecular complexity index is 381. The molecule has 0 saturated heterocycles. The lowest BCUT2D eigenvalue weighted by molar-refractivity contribution is -0.130. The molecule has 15 heavy (non-hydrogen) atoms. The molecule has 0 unspecified atom stereocenters. The fourth-order valence-corrected chi connectivity index (χ4v) is 3.22. The van der Waals surface area contributed by atoms with Gasteiger partial charge in [0.05, 0.1) is 0 Å². The number of hydrogen-bond acceptors (Lipinski definition) is 1. The standard InChI is InChI=1S/C14H16O/c15-13-7-3-4-8-14(13)9-11-5-1-2-6-12(11)10-14/h1-2,5-6H,3-4,7-10H2. The average molecular weight is 200 g/mol. The maximum absolute atomic E-state index is 12.1. The molecule has 1 aromatic rings. The molecule has 0 heterocycles. The first-order valence-corrected chi connectivity index (χ1v) is 5.90. The van der Waals surface area contributed by atoms with Crippen molar-refractivity contribution in [3.05, 3.63) is 35.4 Å². The van der Waals surface area contributed by atoms with Crippen molar-refractivity contribution in [2.75, 3.05) is 0 Å². The number of hydrogen-bond donors (Lipinski definition) is 0. The van der Waals surface area contributed by atoms with Crippen molar-refractivity contribution in [3.63, 3.8) is 0 Å². The minimum atomic E-state index is 0.00192. The molecule has 1 heteroatoms. The molecule has 1 aromatic carbocycles. The monoisotopic (exact) mass is 200 g/mol. The highest BCUT2D eigenvalue weighted by atomic mass is 16.1. The Hall–Kier alpha value is -1.11. The second-order valence-electron chi connectivity index (χ2n) is 5.03. The van der Waals surface area contributed by atoms with Gasteiger partial charge in [-0.15, -0.1) is 0 Å². The smallest absolute Gasteiger partial charge is 0.139 e. The van der Waals surface area contributed by atoms with Crippen LogP contribution in [0.3, 0.4) is 0 Å². The zero-order valence-electron chi connectivity index (χ0n) is 8.96. The Kier molecular flexibility index (Phi) is 1.95. The highest BCUT2D eigenvalue weighted by Crippen LogP contribution is 2.44. The quantitative estimate of drug-likeness (QED) is 0.629. The number of benzene rings is 1. The summed E-state index contributed by atoms with van der Waals surface area (Å²) in [7, 11) is 0. The van der Waals surface area contributed by atoms with Crippen LogP contribution in [-0.4, -0.2) is 5.78 Å². The third-order valence-electron chi connectivity index (χ3n) is 4.08. The lowest BCUT2D eigenvalue weighted by atomic mass is 9.71. The maximum Gasteiger partial charge on any atom is 0.139 e. The highest BCUT2D eigenvalue weighted by Gasteiger charge is 2.43. The molecule has 1 nitrogen and oxygen atoms in total. The van der Waals surface area contributed by atoms with Gasteiger partial charge in [0.1, 0.15) is 5.78 Å². The molecule has 1 saturated carbocycles. The van der Waals surface area contributed by atoms with E-state index in [-0.39, 0.29) is 5.41 Å². The Morgan fingerprint density at radius 3 is 2.27 bits per heavy atom. The van der Waals surface area contributed by atoms with E-state index in [0.29, 0.717) is 5.78 Å². The molecular formula is C14H16O. The van der Waals surface area contributed by atoms with E-state index in [9.17, 15) is 4.79 Å². The first-order chi connectivity index (χ1) is 7.30. The number of Topliss-reactive ketones (excluding diaryl/α,β-unsaturated/α-hetero) is 1. The summed E-state index contributed by atoms with van der Waals surface area (Å²) < 4.78 is 0. The van der Waals surface area contributed by atoms with Gasteiger partial charge in [0.2, 0.25) is 0 Å². The van der Waals surface area contributed by atoms with Gasteiger partial charge in [0.15, 0.2) is 0 Å². The van der Waals surface area contributed by atoms with Crippen molar-refractivity contribution in [2.24, 2.45) is 5.41 Å². The van der Waals surface area contributed by atoms with E-state index in [0.717, 1.165) is 32.1 Å². The molecule has 0 aromatic heterocycles. The van der Waals surface area contributed by atoms with Gasteiger partial charge in [-0.25, -0.2) is 0 Å². The summed E-state index contributed by atoms with van der Waals surface area (Å²) in [6, 6.07) is 8.55. The summed E-state index contributed by atoms with van der Waals surface area (Å²) in [5.74, 6) is 0.518. The van der Waals surface area contributed by atoms with Crippen LogP contribution in [0.1, 0.15) is 36.8 Å². The van der Waals surface area contributed by atoms with E-state index in [1.54, 1.807) is 0 Å². The summed E-state index contributed by atoms with van der Waals surface area (Å²) in [6.45, 7) is 0. The van der Waals surface area contributed by atoms with Gasteiger partial charge >= 0.3 is 0 Å². The van der Waals surface area contributed by atoms with Gasteiger partial charge in [0.25, 0.3) is 0 Å². The first-order valence-electron chi connectivity index (χ1n) is 5.90. The predicted octanol–water partition coefficient (Wildman–Crippen LogP) is 2.91. The van der Waals surface area contributed by atoms with Crippen LogP contribution in [0.25, 0.3) is 0 Å². The number of carbonyl (C=O) groups is 1. The Morgan fingerprint density at radius 2 is 1.67 bits per heavy atom. The van der Waals surface area contributed by atoms with Crippen LogP contribution >= 0.6 is 0 Å². The third-order valence-corrected chi connectivity index (χ3v) is 4.08. The van der Waals surface area contributed by atoms with Crippen molar-refractivity contribution in [1.29, 1.82) is 0 Å². The van der Waals surface area contributed by atoms with Crippen LogP contribution in [0.2, 0.25) is 0 Å². The second kappa shape index (κ2) is 3.19. The van der Waals surface area contributed by atoms with Gasteiger partial charge in [0, 0.05) is 11.8 Å². The minimum Gasteiger partial charge on any atom is -0.299 e. The Labute approximate surface area is 90.5 Å². The Balaban J connectivity index is 1.96. The van der Waals surface area contributed by atoms with E-state index in [1.807, 2.05) is 0 Å². The minimum absolute atomic E-state index is 0.00192. The fraction of sp³-hybridized carbons (Fsp3) is 0.500. The summed E-state index contributed by atoms with van der Waals surface area (Å²) in [6.07, 6.45) is 6.27. The lowest BCUT2D eigenvalue weighted by Gasteiger charge is -2.31. The third kappa shape index (κ3) is 1.33. The van der Waals surface area contributed by atoms with Crippen LogP contribution in [0, 0.1) is 5.41 Å². The zero-order chi connectivity index (χ0) is 10.3. The topological polar surface area (TPSA) is 17.1 Å². The first kappa shape index (κ1) is 9.14. The van der Waals surface area contributed by atoms with Gasteiger partial charge < -0.3 is 0 Å². The number of ketones is 1. The van der Waals surface area contributed by atoms with Crippen LogP contribution in [0.4, 0.5) is 0 Å². The highest BCUT2D eigenvalue weighted by molar-refractivity contribution is 5.87. The van der Waals surface area contributed by atoms with Crippen LogP contribution in [0.5, 0.6) is 0 Å². The van der Waals surface area contributed by atoms with Crippen molar-refractivity contribution in [1.82, 2.24) is 0 Å². The van der Waals surface area contributed by atoms with Crippen molar-refractivity contribution >= 4 is 5.78 Å². The SMILES string of the molecule is O=C1CCCCC12Cc1ccccc1C2. The van der Waals surface area contributed by atoms with Gasteiger partial charge in [-0.1, -0.05) is 30.7 Å². The summed E-state index contributed by atoms with van der Waals surface area (Å²) in [4.78, 5) is 12.1. The van der Waals surface area contributed by atoms with E-state index in [1.165, 1.54) is 17.5 Å². The zero-order valence-corrected chi connectivity index (χ0v) is 8.96. The van der Waals surface area contributed by atoms with Crippen molar-refractivity contribution in [2.45, 2.75) is 38.5 Å². The normalized spacial score (nSPS) is 23.1. The average Bonchev–Trinajstić information content (AvgIpc) is 2.62.